The summed E-state index contributed by atoms with van der Waals surface area (Å²) >= 11 is 0. The minimum absolute atomic E-state index is 0.000371. The molecule has 0 unspecified atom stereocenters. The number of hydrogen-bond donors (Lipinski definition) is 1. The van der Waals surface area contributed by atoms with Gasteiger partial charge in [0, 0.05) is 30.9 Å². The second-order valence-electron chi connectivity index (χ2n) is 6.76. The van der Waals surface area contributed by atoms with Crippen LogP contribution in [0.5, 0.6) is 0 Å². The van der Waals surface area contributed by atoms with Crippen molar-refractivity contribution in [2.45, 2.75) is 70.2 Å². The Balaban J connectivity index is 2.06. The summed E-state index contributed by atoms with van der Waals surface area (Å²) in [7, 11) is -1.82. The van der Waals surface area contributed by atoms with Crippen LogP contribution in [0.3, 0.4) is 0 Å². The molecule has 1 N–H and O–H groups in total. The maximum atomic E-state index is 13.1. The fourth-order valence-electron chi connectivity index (χ4n) is 3.50. The topological polar surface area (TPSA) is 90.0 Å². The molecule has 1 fully saturated rings. The molecule has 2 aromatic rings. The molecular weight excluding hydrogens is 340 g/mol. The second-order valence-corrected chi connectivity index (χ2v) is 8.41. The minimum atomic E-state index is -3.67. The Hall–Kier alpha value is -1.67. The van der Waals surface area contributed by atoms with Crippen LogP contribution in [0.1, 0.15) is 56.2 Å². The van der Waals surface area contributed by atoms with E-state index in [0.29, 0.717) is 23.5 Å². The normalized spacial score (nSPS) is 16.5. The Bertz CT molecular complexity index is 861. The van der Waals surface area contributed by atoms with Crippen molar-refractivity contribution >= 4 is 10.0 Å². The third-order valence-corrected chi connectivity index (χ3v) is 6.80. The van der Waals surface area contributed by atoms with Crippen molar-refractivity contribution in [2.24, 2.45) is 7.05 Å². The summed E-state index contributed by atoms with van der Waals surface area (Å²) in [5.74, 6) is 0.835. The first-order chi connectivity index (χ1) is 11.8. The lowest BCUT2D eigenvalue weighted by Crippen LogP contribution is -2.36. The Morgan fingerprint density at radius 1 is 1.20 bits per heavy atom. The summed E-state index contributed by atoms with van der Waals surface area (Å²) in [6.07, 6.45) is 5.72. The smallest absolute Gasteiger partial charge is 0.261 e. The van der Waals surface area contributed by atoms with E-state index in [4.69, 9.17) is 4.52 Å². The van der Waals surface area contributed by atoms with Gasteiger partial charge in [-0.05, 0) is 26.7 Å². The van der Waals surface area contributed by atoms with Crippen molar-refractivity contribution in [3.05, 3.63) is 17.2 Å². The van der Waals surface area contributed by atoms with Gasteiger partial charge in [0.1, 0.15) is 4.90 Å². The molecule has 8 heteroatoms. The van der Waals surface area contributed by atoms with Gasteiger partial charge in [0.2, 0.25) is 10.0 Å². The molecule has 1 aliphatic rings. The Labute approximate surface area is 148 Å². The number of sulfonamides is 1. The highest BCUT2D eigenvalue weighted by atomic mass is 32.2. The molecule has 2 heterocycles. The van der Waals surface area contributed by atoms with E-state index in [-0.39, 0.29) is 16.8 Å². The van der Waals surface area contributed by atoms with Gasteiger partial charge in [0.25, 0.3) is 5.89 Å². The van der Waals surface area contributed by atoms with Crippen LogP contribution in [0.2, 0.25) is 0 Å². The maximum absolute atomic E-state index is 13.1. The summed E-state index contributed by atoms with van der Waals surface area (Å²) in [5, 5.41) is 3.92. The summed E-state index contributed by atoms with van der Waals surface area (Å²) in [5.41, 5.74) is 1.98. The zero-order valence-corrected chi connectivity index (χ0v) is 16.1. The van der Waals surface area contributed by atoms with Crippen molar-refractivity contribution < 1.29 is 12.9 Å². The molecule has 3 rings (SSSR count). The number of aromatic nitrogens is 3. The lowest BCUT2D eigenvalue weighted by molar-refractivity contribution is 0.411. The summed E-state index contributed by atoms with van der Waals surface area (Å²) in [6, 6.07) is 0.000371. The van der Waals surface area contributed by atoms with Crippen molar-refractivity contribution in [3.8, 4) is 11.5 Å². The molecule has 1 saturated carbocycles. The molecule has 0 saturated heterocycles. The van der Waals surface area contributed by atoms with Gasteiger partial charge < -0.3 is 9.09 Å². The number of rotatable bonds is 5. The first-order valence-electron chi connectivity index (χ1n) is 8.86. The van der Waals surface area contributed by atoms with Gasteiger partial charge in [-0.1, -0.05) is 31.3 Å². The SMILES string of the molecule is CCc1noc(-c2c(S(=O)(=O)NC3CCCCC3)c(C)n(C)c2C)n1. The number of hydrogen-bond acceptors (Lipinski definition) is 5. The van der Waals surface area contributed by atoms with Crippen molar-refractivity contribution in [2.75, 3.05) is 0 Å². The molecule has 0 aliphatic heterocycles. The van der Waals surface area contributed by atoms with Crippen LogP contribution in [0, 0.1) is 13.8 Å². The van der Waals surface area contributed by atoms with Gasteiger partial charge in [-0.25, -0.2) is 13.1 Å². The molecule has 0 bridgehead atoms. The minimum Gasteiger partial charge on any atom is -0.350 e. The summed E-state index contributed by atoms with van der Waals surface area (Å²) < 4.78 is 36.4. The van der Waals surface area contributed by atoms with E-state index in [2.05, 4.69) is 14.9 Å². The zero-order valence-electron chi connectivity index (χ0n) is 15.3. The van der Waals surface area contributed by atoms with Crippen LogP contribution in [0.25, 0.3) is 11.5 Å². The number of nitrogens with one attached hydrogen (secondary N) is 1. The molecule has 7 nitrogen and oxygen atoms in total. The van der Waals surface area contributed by atoms with E-state index in [1.807, 2.05) is 32.4 Å². The lowest BCUT2D eigenvalue weighted by atomic mass is 9.96. The van der Waals surface area contributed by atoms with Crippen LogP contribution in [0.15, 0.2) is 9.42 Å². The highest BCUT2D eigenvalue weighted by Gasteiger charge is 2.32. The van der Waals surface area contributed by atoms with Gasteiger partial charge in [-0.2, -0.15) is 4.98 Å². The van der Waals surface area contributed by atoms with Gasteiger partial charge >= 0.3 is 0 Å². The Morgan fingerprint density at radius 3 is 2.48 bits per heavy atom. The first kappa shape index (κ1) is 18.1. The van der Waals surface area contributed by atoms with E-state index in [1.54, 1.807) is 0 Å². The van der Waals surface area contributed by atoms with Gasteiger partial charge in [-0.3, -0.25) is 0 Å². The zero-order chi connectivity index (χ0) is 18.2. The Kier molecular flexibility index (Phi) is 5.02. The monoisotopic (exact) mass is 366 g/mol. The van der Waals surface area contributed by atoms with Gasteiger partial charge in [0.15, 0.2) is 5.82 Å². The molecule has 25 heavy (non-hydrogen) atoms. The first-order valence-corrected chi connectivity index (χ1v) is 10.3. The number of nitrogens with zero attached hydrogens (tertiary/aromatic N) is 3. The van der Waals surface area contributed by atoms with Crippen LogP contribution >= 0.6 is 0 Å². The molecule has 2 aromatic heterocycles. The second kappa shape index (κ2) is 6.92. The molecule has 0 spiro atoms. The third-order valence-electron chi connectivity index (χ3n) is 5.12. The van der Waals surface area contributed by atoms with E-state index in [1.165, 1.54) is 6.42 Å². The molecule has 0 aromatic carbocycles. The standard InChI is InChI=1S/C17H26N4O3S/c1-5-14-18-17(24-19-14)15-11(2)21(4)12(3)16(15)25(22,23)20-13-9-7-6-8-10-13/h13,20H,5-10H2,1-4H3. The molecule has 0 amide bonds. The van der Waals surface area contributed by atoms with E-state index >= 15 is 0 Å². The van der Waals surface area contributed by atoms with E-state index in [0.717, 1.165) is 31.4 Å². The molecule has 0 atom stereocenters. The third kappa shape index (κ3) is 3.37. The average molecular weight is 366 g/mol. The molecule has 0 radical (unpaired) electrons. The molecule has 138 valence electrons. The predicted octanol–water partition coefficient (Wildman–Crippen LogP) is 2.87. The summed E-state index contributed by atoms with van der Waals surface area (Å²) in [6.45, 7) is 5.61. The van der Waals surface area contributed by atoms with Crippen molar-refractivity contribution in [3.63, 3.8) is 0 Å². The van der Waals surface area contributed by atoms with E-state index in [9.17, 15) is 8.42 Å². The van der Waals surface area contributed by atoms with Crippen LogP contribution in [0.4, 0.5) is 0 Å². The van der Waals surface area contributed by atoms with E-state index < -0.39 is 10.0 Å². The van der Waals surface area contributed by atoms with Crippen LogP contribution in [-0.4, -0.2) is 29.2 Å². The highest BCUT2D eigenvalue weighted by Crippen LogP contribution is 2.34. The largest absolute Gasteiger partial charge is 0.350 e. The van der Waals surface area contributed by atoms with Crippen molar-refractivity contribution in [1.82, 2.24) is 19.4 Å². The maximum Gasteiger partial charge on any atom is 0.261 e. The fourth-order valence-corrected chi connectivity index (χ4v) is 5.32. The van der Waals surface area contributed by atoms with Crippen LogP contribution < -0.4 is 4.72 Å². The Morgan fingerprint density at radius 2 is 1.88 bits per heavy atom. The fraction of sp³-hybridized carbons (Fsp3) is 0.647. The van der Waals surface area contributed by atoms with Crippen molar-refractivity contribution in [1.29, 1.82) is 0 Å². The van der Waals surface area contributed by atoms with Gasteiger partial charge in [-0.15, -0.1) is 0 Å². The number of aryl methyl sites for hydroxylation is 1. The van der Waals surface area contributed by atoms with Gasteiger partial charge in [0.05, 0.1) is 5.56 Å². The molecule has 1 aliphatic carbocycles. The quantitative estimate of drug-likeness (QED) is 0.879. The summed E-state index contributed by atoms with van der Waals surface area (Å²) in [4.78, 5) is 4.61. The van der Waals surface area contributed by atoms with Crippen LogP contribution in [-0.2, 0) is 23.5 Å². The highest BCUT2D eigenvalue weighted by molar-refractivity contribution is 7.89. The predicted molar refractivity (Wildman–Crippen MR) is 94.8 cm³/mol. The lowest BCUT2D eigenvalue weighted by Gasteiger charge is -2.22. The molecular formula is C17H26N4O3S. The average Bonchev–Trinajstić information content (AvgIpc) is 3.14.